The van der Waals surface area contributed by atoms with Gasteiger partial charge in [-0.25, -0.2) is 12.8 Å². The quantitative estimate of drug-likeness (QED) is 0.865. The molecule has 0 saturated carbocycles. The third-order valence-electron chi connectivity index (χ3n) is 3.59. The molecule has 1 aliphatic rings. The van der Waals surface area contributed by atoms with E-state index in [-0.39, 0.29) is 10.6 Å². The fourth-order valence-electron chi connectivity index (χ4n) is 2.36. The Morgan fingerprint density at radius 2 is 2.00 bits per heavy atom. The number of thioether (sulfide) groups is 1. The Morgan fingerprint density at radius 1 is 1.25 bits per heavy atom. The van der Waals surface area contributed by atoms with Gasteiger partial charge in [0.15, 0.2) is 0 Å². The highest BCUT2D eigenvalue weighted by atomic mass is 32.2. The lowest BCUT2D eigenvalue weighted by Gasteiger charge is -2.24. The molecule has 2 aromatic rings. The zero-order valence-electron chi connectivity index (χ0n) is 12.7. The number of sulfonamides is 1. The fraction of sp³-hybridized carbons (Fsp3) is 0.267. The highest BCUT2D eigenvalue weighted by Gasteiger charge is 2.27. The third kappa shape index (κ3) is 3.63. The van der Waals surface area contributed by atoms with Gasteiger partial charge in [0.2, 0.25) is 10.0 Å². The average molecular weight is 369 g/mol. The SMILES string of the molecule is O=C(Nc1cccc(F)c1)c1cc(S(=O)(=O)N2CCSCC2)c[nH]1. The Morgan fingerprint density at radius 3 is 2.71 bits per heavy atom. The van der Waals surface area contributed by atoms with E-state index >= 15 is 0 Å². The molecule has 0 spiro atoms. The summed E-state index contributed by atoms with van der Waals surface area (Å²) in [5.74, 6) is 0.523. The molecule has 1 aromatic carbocycles. The minimum Gasteiger partial charge on any atom is -0.356 e. The first kappa shape index (κ1) is 17.0. The highest BCUT2D eigenvalue weighted by Crippen LogP contribution is 2.21. The summed E-state index contributed by atoms with van der Waals surface area (Å²) in [4.78, 5) is 14.9. The van der Waals surface area contributed by atoms with E-state index in [1.165, 1.54) is 34.8 Å². The van der Waals surface area contributed by atoms with Crippen molar-refractivity contribution in [3.63, 3.8) is 0 Å². The number of aromatic nitrogens is 1. The van der Waals surface area contributed by atoms with Crippen LogP contribution in [0.2, 0.25) is 0 Å². The smallest absolute Gasteiger partial charge is 0.272 e. The first-order valence-corrected chi connectivity index (χ1v) is 9.89. The molecular weight excluding hydrogens is 353 g/mol. The zero-order chi connectivity index (χ0) is 17.2. The number of rotatable bonds is 4. The van der Waals surface area contributed by atoms with Crippen LogP contribution in [0.25, 0.3) is 0 Å². The van der Waals surface area contributed by atoms with E-state index in [1.54, 1.807) is 17.8 Å². The predicted octanol–water partition coefficient (Wildman–Crippen LogP) is 2.14. The lowest BCUT2D eigenvalue weighted by Crippen LogP contribution is -2.37. The summed E-state index contributed by atoms with van der Waals surface area (Å²) >= 11 is 1.71. The van der Waals surface area contributed by atoms with Gasteiger partial charge in [-0.15, -0.1) is 0 Å². The summed E-state index contributed by atoms with van der Waals surface area (Å²) in [6.45, 7) is 0.923. The molecule has 0 aliphatic carbocycles. The van der Waals surface area contributed by atoms with Crippen molar-refractivity contribution in [3.8, 4) is 0 Å². The van der Waals surface area contributed by atoms with Crippen molar-refractivity contribution < 1.29 is 17.6 Å². The number of carbonyl (C=O) groups is 1. The van der Waals surface area contributed by atoms with E-state index in [0.29, 0.717) is 18.8 Å². The van der Waals surface area contributed by atoms with Gasteiger partial charge in [-0.1, -0.05) is 6.07 Å². The first-order chi connectivity index (χ1) is 11.5. The Bertz CT molecular complexity index is 845. The topological polar surface area (TPSA) is 82.3 Å². The molecule has 2 heterocycles. The number of anilines is 1. The standard InChI is InChI=1S/C15H16FN3O3S2/c16-11-2-1-3-12(8-11)18-15(20)14-9-13(10-17-14)24(21,22)19-4-6-23-7-5-19/h1-3,8-10,17H,4-7H2,(H,18,20). The summed E-state index contributed by atoms with van der Waals surface area (Å²) in [7, 11) is -3.61. The van der Waals surface area contributed by atoms with Crippen LogP contribution in [-0.4, -0.2) is 48.2 Å². The number of H-pyrrole nitrogens is 1. The highest BCUT2D eigenvalue weighted by molar-refractivity contribution is 7.99. The predicted molar refractivity (Wildman–Crippen MR) is 91.2 cm³/mol. The molecule has 1 amide bonds. The van der Waals surface area contributed by atoms with Crippen molar-refractivity contribution in [1.82, 2.24) is 9.29 Å². The van der Waals surface area contributed by atoms with E-state index < -0.39 is 21.7 Å². The number of carbonyl (C=O) groups excluding carboxylic acids is 1. The number of benzene rings is 1. The molecule has 2 N–H and O–H groups in total. The van der Waals surface area contributed by atoms with E-state index in [4.69, 9.17) is 0 Å². The lowest BCUT2D eigenvalue weighted by atomic mass is 10.3. The van der Waals surface area contributed by atoms with Crippen molar-refractivity contribution in [2.45, 2.75) is 4.90 Å². The number of hydrogen-bond acceptors (Lipinski definition) is 4. The van der Waals surface area contributed by atoms with Crippen LogP contribution in [0.3, 0.4) is 0 Å². The maximum Gasteiger partial charge on any atom is 0.272 e. The van der Waals surface area contributed by atoms with E-state index in [1.807, 2.05) is 0 Å². The summed E-state index contributed by atoms with van der Waals surface area (Å²) in [5.41, 5.74) is 0.399. The molecule has 128 valence electrons. The van der Waals surface area contributed by atoms with Gasteiger partial charge < -0.3 is 10.3 Å². The minimum atomic E-state index is -3.61. The second kappa shape index (κ2) is 6.96. The maximum atomic E-state index is 13.1. The van der Waals surface area contributed by atoms with Crippen LogP contribution in [0, 0.1) is 5.82 Å². The Kier molecular flexibility index (Phi) is 4.93. The number of hydrogen-bond donors (Lipinski definition) is 2. The zero-order valence-corrected chi connectivity index (χ0v) is 14.3. The van der Waals surface area contributed by atoms with Crippen LogP contribution in [0.5, 0.6) is 0 Å². The Labute approximate surface area is 143 Å². The van der Waals surface area contributed by atoms with Crippen molar-refractivity contribution in [2.75, 3.05) is 29.9 Å². The van der Waals surface area contributed by atoms with Gasteiger partial charge >= 0.3 is 0 Å². The van der Waals surface area contributed by atoms with Gasteiger partial charge in [-0.3, -0.25) is 4.79 Å². The number of nitrogens with zero attached hydrogens (tertiary/aromatic N) is 1. The van der Waals surface area contributed by atoms with Gasteiger partial charge in [0.05, 0.1) is 0 Å². The summed E-state index contributed by atoms with van der Waals surface area (Å²) in [5, 5.41) is 2.52. The number of halogens is 1. The number of amides is 1. The van der Waals surface area contributed by atoms with E-state index in [0.717, 1.165) is 11.5 Å². The normalized spacial score (nSPS) is 16.0. The van der Waals surface area contributed by atoms with Gasteiger partial charge in [-0.2, -0.15) is 16.1 Å². The molecule has 0 unspecified atom stereocenters. The molecule has 3 rings (SSSR count). The van der Waals surface area contributed by atoms with Crippen molar-refractivity contribution >= 4 is 33.4 Å². The second-order valence-corrected chi connectivity index (χ2v) is 8.39. The van der Waals surface area contributed by atoms with Crippen LogP contribution in [-0.2, 0) is 10.0 Å². The van der Waals surface area contributed by atoms with Crippen molar-refractivity contribution in [2.24, 2.45) is 0 Å². The summed E-state index contributed by atoms with van der Waals surface area (Å²) < 4.78 is 39.6. The summed E-state index contributed by atoms with van der Waals surface area (Å²) in [6, 6.07) is 6.78. The average Bonchev–Trinajstić information content (AvgIpc) is 3.07. The molecule has 1 fully saturated rings. The molecule has 0 bridgehead atoms. The molecular formula is C15H16FN3O3S2. The van der Waals surface area contributed by atoms with Crippen molar-refractivity contribution in [1.29, 1.82) is 0 Å². The molecule has 24 heavy (non-hydrogen) atoms. The van der Waals surface area contributed by atoms with E-state index in [2.05, 4.69) is 10.3 Å². The molecule has 1 saturated heterocycles. The van der Waals surface area contributed by atoms with Crippen LogP contribution in [0.15, 0.2) is 41.4 Å². The molecule has 1 aromatic heterocycles. The third-order valence-corrected chi connectivity index (χ3v) is 6.41. The van der Waals surface area contributed by atoms with Gasteiger partial charge in [-0.05, 0) is 24.3 Å². The molecule has 9 heteroatoms. The molecule has 0 radical (unpaired) electrons. The largest absolute Gasteiger partial charge is 0.356 e. The molecule has 1 aliphatic heterocycles. The Balaban J connectivity index is 1.76. The molecule has 6 nitrogen and oxygen atoms in total. The Hall–Kier alpha value is -1.84. The van der Waals surface area contributed by atoms with Crippen LogP contribution < -0.4 is 5.32 Å². The number of nitrogens with one attached hydrogen (secondary N) is 2. The summed E-state index contributed by atoms with van der Waals surface area (Å²) in [6.07, 6.45) is 1.30. The molecule has 0 atom stereocenters. The van der Waals surface area contributed by atoms with Crippen molar-refractivity contribution in [3.05, 3.63) is 48.0 Å². The van der Waals surface area contributed by atoms with Gasteiger partial charge in [0.1, 0.15) is 16.4 Å². The van der Waals surface area contributed by atoms with Gasteiger partial charge in [0.25, 0.3) is 5.91 Å². The lowest BCUT2D eigenvalue weighted by molar-refractivity contribution is 0.102. The van der Waals surface area contributed by atoms with Gasteiger partial charge in [0, 0.05) is 36.5 Å². The monoisotopic (exact) mass is 369 g/mol. The first-order valence-electron chi connectivity index (χ1n) is 7.30. The van der Waals surface area contributed by atoms with Crippen LogP contribution in [0.1, 0.15) is 10.5 Å². The fourth-order valence-corrected chi connectivity index (χ4v) is 4.93. The van der Waals surface area contributed by atoms with E-state index in [9.17, 15) is 17.6 Å². The van der Waals surface area contributed by atoms with Crippen LogP contribution in [0.4, 0.5) is 10.1 Å². The maximum absolute atomic E-state index is 13.1. The minimum absolute atomic E-state index is 0.0544. The van der Waals surface area contributed by atoms with Crippen LogP contribution >= 0.6 is 11.8 Å². The second-order valence-electron chi connectivity index (χ2n) is 5.23. The number of aromatic amines is 1.